The molecule has 0 aromatic heterocycles. The van der Waals surface area contributed by atoms with Crippen LogP contribution in [0.15, 0.2) is 29.2 Å². The Hall–Kier alpha value is -0.440. The molecule has 0 saturated heterocycles. The molecular formula is C26H43O3PS. The second-order valence-electron chi connectivity index (χ2n) is 11.1. The van der Waals surface area contributed by atoms with Crippen molar-refractivity contribution in [3.63, 3.8) is 0 Å². The molecule has 0 bridgehead atoms. The van der Waals surface area contributed by atoms with Crippen molar-refractivity contribution in [2.45, 2.75) is 96.3 Å². The smallest absolute Gasteiger partial charge is 0.282 e. The molecule has 0 heterocycles. The first kappa shape index (κ1) is 25.2. The molecule has 6 atom stereocenters. The van der Waals surface area contributed by atoms with Gasteiger partial charge in [-0.25, -0.2) is 0 Å². The first-order chi connectivity index (χ1) is 14.5. The maximum atomic E-state index is 12.4. The second-order valence-corrected chi connectivity index (χ2v) is 15.1. The normalized spacial score (nSPS) is 33.6. The van der Waals surface area contributed by atoms with Crippen molar-refractivity contribution in [1.29, 1.82) is 0 Å². The molecule has 0 radical (unpaired) electrons. The third kappa shape index (κ3) is 5.74. The predicted octanol–water partition coefficient (Wildman–Crippen LogP) is 6.96. The Morgan fingerprint density at radius 2 is 1.29 bits per heavy atom. The Morgan fingerprint density at radius 3 is 1.71 bits per heavy atom. The van der Waals surface area contributed by atoms with E-state index in [1.54, 1.807) is 12.1 Å². The van der Waals surface area contributed by atoms with Crippen LogP contribution in [0.5, 0.6) is 0 Å². The summed E-state index contributed by atoms with van der Waals surface area (Å²) >= 11 is 0. The fourth-order valence-electron chi connectivity index (χ4n) is 6.44. The highest BCUT2D eigenvalue weighted by Crippen LogP contribution is 2.61. The van der Waals surface area contributed by atoms with E-state index in [1.165, 1.54) is 38.5 Å². The molecule has 0 amide bonds. The molecule has 5 heteroatoms. The average Bonchev–Trinajstić information content (AvgIpc) is 2.67. The summed E-state index contributed by atoms with van der Waals surface area (Å²) in [5.74, 6) is 3.81. The summed E-state index contributed by atoms with van der Waals surface area (Å²) in [7, 11) is -4.96. The predicted molar refractivity (Wildman–Crippen MR) is 133 cm³/mol. The van der Waals surface area contributed by atoms with Crippen molar-refractivity contribution in [3.05, 3.63) is 24.3 Å². The van der Waals surface area contributed by atoms with Gasteiger partial charge in [0.05, 0.1) is 0 Å². The first-order valence-corrected chi connectivity index (χ1v) is 15.3. The number of benzene rings is 1. The van der Waals surface area contributed by atoms with Crippen molar-refractivity contribution in [3.8, 4) is 0 Å². The van der Waals surface area contributed by atoms with Gasteiger partial charge in [-0.15, -0.1) is 0 Å². The topological polar surface area (TPSA) is 54.4 Å². The standard InChI is InChI=1S/C26H43O3PS/c1-17(2)21-13-11-19(5)15-24(21)30(23-9-7-8-10-26(23)31(27,28)29)25-16-20(6)12-14-22(25)18(3)4/h7-10,17-22,24-25H,11-16H2,1-6H3,(H,27,28,29). The molecule has 2 saturated carbocycles. The van der Waals surface area contributed by atoms with Gasteiger partial charge in [-0.2, -0.15) is 8.42 Å². The van der Waals surface area contributed by atoms with Crippen molar-refractivity contribution >= 4 is 23.3 Å². The van der Waals surface area contributed by atoms with Gasteiger partial charge >= 0.3 is 0 Å². The Morgan fingerprint density at radius 1 is 0.839 bits per heavy atom. The van der Waals surface area contributed by atoms with Gasteiger partial charge in [0, 0.05) is 0 Å². The van der Waals surface area contributed by atoms with E-state index in [-0.39, 0.29) is 4.90 Å². The lowest BCUT2D eigenvalue weighted by Gasteiger charge is -2.50. The Bertz CT molecular complexity index is 803. The van der Waals surface area contributed by atoms with Gasteiger partial charge in [-0.1, -0.05) is 80.5 Å². The van der Waals surface area contributed by atoms with Crippen LogP contribution in [-0.4, -0.2) is 24.3 Å². The van der Waals surface area contributed by atoms with Crippen molar-refractivity contribution in [2.24, 2.45) is 35.5 Å². The average molecular weight is 467 g/mol. The highest BCUT2D eigenvalue weighted by atomic mass is 32.2. The van der Waals surface area contributed by atoms with E-state index in [4.69, 9.17) is 0 Å². The second kappa shape index (κ2) is 10.2. The van der Waals surface area contributed by atoms with Gasteiger partial charge in [-0.3, -0.25) is 4.55 Å². The third-order valence-corrected chi connectivity index (χ3v) is 12.7. The molecule has 2 aliphatic rings. The highest BCUT2D eigenvalue weighted by molar-refractivity contribution is 7.86. The minimum absolute atomic E-state index is 0.169. The molecule has 3 rings (SSSR count). The molecule has 31 heavy (non-hydrogen) atoms. The van der Waals surface area contributed by atoms with Crippen LogP contribution in [0.2, 0.25) is 0 Å². The van der Waals surface area contributed by atoms with Crippen LogP contribution >= 0.6 is 7.92 Å². The van der Waals surface area contributed by atoms with Gasteiger partial charge in [0.2, 0.25) is 0 Å². The van der Waals surface area contributed by atoms with E-state index < -0.39 is 18.0 Å². The molecule has 176 valence electrons. The Balaban J connectivity index is 2.19. The summed E-state index contributed by atoms with van der Waals surface area (Å²) in [6.07, 6.45) is 7.40. The Labute approximate surface area is 192 Å². The molecule has 2 aliphatic carbocycles. The van der Waals surface area contributed by atoms with E-state index in [9.17, 15) is 13.0 Å². The highest BCUT2D eigenvalue weighted by Gasteiger charge is 2.45. The van der Waals surface area contributed by atoms with Gasteiger partial charge in [0.15, 0.2) is 0 Å². The number of hydrogen-bond acceptors (Lipinski definition) is 2. The van der Waals surface area contributed by atoms with Crippen molar-refractivity contribution in [1.82, 2.24) is 0 Å². The van der Waals surface area contributed by atoms with E-state index in [0.29, 0.717) is 46.8 Å². The summed E-state index contributed by atoms with van der Waals surface area (Å²) < 4.78 is 35.1. The largest absolute Gasteiger partial charge is 0.295 e. The lowest BCUT2D eigenvalue weighted by Crippen LogP contribution is -2.41. The molecule has 2 fully saturated rings. The fraction of sp³-hybridized carbons (Fsp3) is 0.769. The zero-order valence-corrected chi connectivity index (χ0v) is 22.0. The monoisotopic (exact) mass is 466 g/mol. The summed E-state index contributed by atoms with van der Waals surface area (Å²) in [5, 5.41) is 0.939. The minimum atomic E-state index is -4.24. The molecule has 0 aliphatic heterocycles. The summed E-state index contributed by atoms with van der Waals surface area (Å²) in [4.78, 5) is 0.169. The SMILES string of the molecule is CC1CCC(C(C)C)C(P(c2ccccc2S(=O)(=O)O)C2CC(C)CCC2C(C)C)C1. The summed E-state index contributed by atoms with van der Waals surface area (Å²) in [6.45, 7) is 14.1. The first-order valence-electron chi connectivity index (χ1n) is 12.4. The van der Waals surface area contributed by atoms with Gasteiger partial charge in [-0.05, 0) is 83.9 Å². The molecule has 0 spiro atoms. The third-order valence-electron chi connectivity index (χ3n) is 8.11. The van der Waals surface area contributed by atoms with Crippen LogP contribution in [0.3, 0.4) is 0 Å². The zero-order valence-electron chi connectivity index (χ0n) is 20.3. The maximum absolute atomic E-state index is 12.4. The van der Waals surface area contributed by atoms with Gasteiger partial charge in [0.1, 0.15) is 4.90 Å². The van der Waals surface area contributed by atoms with Crippen molar-refractivity contribution < 1.29 is 13.0 Å². The molecule has 6 unspecified atom stereocenters. The molecule has 1 N–H and O–H groups in total. The van der Waals surface area contributed by atoms with Crippen LogP contribution in [0.25, 0.3) is 0 Å². The fourth-order valence-corrected chi connectivity index (χ4v) is 12.5. The Kier molecular flexibility index (Phi) is 8.31. The van der Waals surface area contributed by atoms with Crippen molar-refractivity contribution in [2.75, 3.05) is 0 Å². The summed E-state index contributed by atoms with van der Waals surface area (Å²) in [5.41, 5.74) is 1.05. The van der Waals surface area contributed by atoms with E-state index >= 15 is 0 Å². The number of rotatable bonds is 6. The lowest BCUT2D eigenvalue weighted by atomic mass is 9.76. The van der Waals surface area contributed by atoms with Crippen LogP contribution in [0, 0.1) is 35.5 Å². The lowest BCUT2D eigenvalue weighted by molar-refractivity contribution is 0.224. The minimum Gasteiger partial charge on any atom is -0.282 e. The molecular weight excluding hydrogens is 423 g/mol. The zero-order chi connectivity index (χ0) is 22.9. The number of hydrogen-bond donors (Lipinski definition) is 1. The van der Waals surface area contributed by atoms with Crippen LogP contribution < -0.4 is 5.30 Å². The maximum Gasteiger partial charge on any atom is 0.295 e. The van der Waals surface area contributed by atoms with E-state index in [1.807, 2.05) is 12.1 Å². The van der Waals surface area contributed by atoms with E-state index in [0.717, 1.165) is 5.30 Å². The van der Waals surface area contributed by atoms with Crippen LogP contribution in [-0.2, 0) is 10.1 Å². The quantitative estimate of drug-likeness (QED) is 0.364. The van der Waals surface area contributed by atoms with Gasteiger partial charge in [0.25, 0.3) is 10.1 Å². The summed E-state index contributed by atoms with van der Waals surface area (Å²) in [6, 6.07) is 7.40. The van der Waals surface area contributed by atoms with Crippen LogP contribution in [0.1, 0.15) is 80.1 Å². The molecule has 1 aromatic carbocycles. The van der Waals surface area contributed by atoms with Gasteiger partial charge < -0.3 is 0 Å². The van der Waals surface area contributed by atoms with Crippen LogP contribution in [0.4, 0.5) is 0 Å². The van der Waals surface area contributed by atoms with E-state index in [2.05, 4.69) is 41.5 Å². The molecule has 1 aromatic rings. The molecule has 3 nitrogen and oxygen atoms in total.